The van der Waals surface area contributed by atoms with Gasteiger partial charge in [-0.2, -0.15) is 0 Å². The van der Waals surface area contributed by atoms with Gasteiger partial charge in [-0.15, -0.1) is 0 Å². The van der Waals surface area contributed by atoms with Crippen LogP contribution in [0.3, 0.4) is 0 Å². The highest BCUT2D eigenvalue weighted by Crippen LogP contribution is 2.29. The Bertz CT molecular complexity index is 728. The van der Waals surface area contributed by atoms with E-state index in [0.29, 0.717) is 0 Å². The van der Waals surface area contributed by atoms with Crippen molar-refractivity contribution in [2.24, 2.45) is 0 Å². The van der Waals surface area contributed by atoms with Crippen LogP contribution in [0.5, 0.6) is 0 Å². The number of carbonyl (C=O) groups is 3. The van der Waals surface area contributed by atoms with Gasteiger partial charge in [0.15, 0.2) is 11.6 Å². The van der Waals surface area contributed by atoms with Crippen LogP contribution in [0.25, 0.3) is 0 Å². The number of benzene rings is 1. The highest BCUT2D eigenvalue weighted by molar-refractivity contribution is 6.64. The molecule has 0 unspecified atom stereocenters. The first-order chi connectivity index (χ1) is 11.2. The van der Waals surface area contributed by atoms with E-state index in [2.05, 4.69) is 0 Å². The Kier molecular flexibility index (Phi) is 5.06. The summed E-state index contributed by atoms with van der Waals surface area (Å²) in [5.41, 5.74) is -0.850. The zero-order chi connectivity index (χ0) is 18.2. The average Bonchev–Trinajstić information content (AvgIpc) is 2.49. The summed E-state index contributed by atoms with van der Waals surface area (Å²) in [6.07, 6.45) is 0. The summed E-state index contributed by atoms with van der Waals surface area (Å²) < 4.78 is 0. The van der Waals surface area contributed by atoms with E-state index in [1.807, 2.05) is 0 Å². The normalized spacial score (nSPS) is 14.3. The molecule has 0 spiro atoms. The molecule has 6 nitrogen and oxygen atoms in total. The zero-order valence-electron chi connectivity index (χ0n) is 14.1. The maximum Gasteiger partial charge on any atom is 0.493 e. The predicted molar refractivity (Wildman–Crippen MR) is 89.4 cm³/mol. The molecule has 0 aromatic heterocycles. The molecule has 1 aromatic carbocycles. The minimum atomic E-state index is -2.20. The van der Waals surface area contributed by atoms with Gasteiger partial charge in [-0.3, -0.25) is 14.4 Å². The molecule has 0 heterocycles. The second-order valence-electron chi connectivity index (χ2n) is 6.27. The molecule has 24 heavy (non-hydrogen) atoms. The SMILES string of the molecule is CC(C)N(C(=O)C1=C(B(O)O)C(=O)c2ccccc2C1=O)C(C)C. The van der Waals surface area contributed by atoms with Gasteiger partial charge in [0.2, 0.25) is 0 Å². The van der Waals surface area contributed by atoms with Crippen LogP contribution in [0.4, 0.5) is 0 Å². The Balaban J connectivity index is 2.68. The van der Waals surface area contributed by atoms with Crippen molar-refractivity contribution in [3.8, 4) is 0 Å². The Hall–Kier alpha value is -2.25. The van der Waals surface area contributed by atoms with Crippen LogP contribution in [0.1, 0.15) is 48.4 Å². The standard InChI is InChI=1S/C17H20BNO5/c1-9(2)19(10(3)4)17(22)13-14(18(23)24)16(21)12-8-6-5-7-11(12)15(13)20/h5-10,23-24H,1-4H3. The summed E-state index contributed by atoms with van der Waals surface area (Å²) in [6.45, 7) is 7.15. The number of hydrogen-bond donors (Lipinski definition) is 2. The van der Waals surface area contributed by atoms with Crippen LogP contribution in [0.2, 0.25) is 0 Å². The lowest BCUT2D eigenvalue weighted by atomic mass is 9.67. The van der Waals surface area contributed by atoms with Gasteiger partial charge in [0, 0.05) is 28.7 Å². The molecule has 1 aliphatic rings. The van der Waals surface area contributed by atoms with Crippen molar-refractivity contribution in [3.63, 3.8) is 0 Å². The fourth-order valence-corrected chi connectivity index (χ4v) is 3.05. The van der Waals surface area contributed by atoms with E-state index in [4.69, 9.17) is 0 Å². The number of carbonyl (C=O) groups excluding carboxylic acids is 3. The molecule has 0 atom stereocenters. The zero-order valence-corrected chi connectivity index (χ0v) is 14.1. The lowest BCUT2D eigenvalue weighted by Crippen LogP contribution is -2.46. The van der Waals surface area contributed by atoms with Gasteiger partial charge in [0.25, 0.3) is 5.91 Å². The molecule has 126 valence electrons. The van der Waals surface area contributed by atoms with Crippen LogP contribution >= 0.6 is 0 Å². The van der Waals surface area contributed by atoms with E-state index in [-0.39, 0.29) is 23.2 Å². The molecule has 0 saturated carbocycles. The van der Waals surface area contributed by atoms with E-state index >= 15 is 0 Å². The summed E-state index contributed by atoms with van der Waals surface area (Å²) in [5, 5.41) is 19.2. The maximum absolute atomic E-state index is 12.9. The van der Waals surface area contributed by atoms with Gasteiger partial charge >= 0.3 is 7.12 Å². The largest absolute Gasteiger partial charge is 0.493 e. The summed E-state index contributed by atoms with van der Waals surface area (Å²) in [4.78, 5) is 39.7. The molecule has 2 N–H and O–H groups in total. The van der Waals surface area contributed by atoms with Gasteiger partial charge in [-0.1, -0.05) is 24.3 Å². The topological polar surface area (TPSA) is 94.9 Å². The predicted octanol–water partition coefficient (Wildman–Crippen LogP) is 1.02. The van der Waals surface area contributed by atoms with Crippen LogP contribution in [0, 0.1) is 0 Å². The van der Waals surface area contributed by atoms with Crippen molar-refractivity contribution < 1.29 is 24.4 Å². The van der Waals surface area contributed by atoms with Gasteiger partial charge in [0.1, 0.15) is 0 Å². The van der Waals surface area contributed by atoms with Crippen LogP contribution < -0.4 is 0 Å². The summed E-state index contributed by atoms with van der Waals surface area (Å²) in [5.74, 6) is -2.04. The third-order valence-corrected chi connectivity index (χ3v) is 3.98. The molecular weight excluding hydrogens is 309 g/mol. The van der Waals surface area contributed by atoms with E-state index in [1.54, 1.807) is 39.8 Å². The molecule has 2 rings (SSSR count). The molecule has 1 aliphatic carbocycles. The number of nitrogens with zero attached hydrogens (tertiary/aromatic N) is 1. The van der Waals surface area contributed by atoms with Crippen molar-refractivity contribution in [1.29, 1.82) is 0 Å². The molecular formula is C17H20BNO5. The van der Waals surface area contributed by atoms with Gasteiger partial charge in [-0.05, 0) is 27.7 Å². The third-order valence-electron chi connectivity index (χ3n) is 3.98. The second kappa shape index (κ2) is 6.71. The molecule has 0 fully saturated rings. The molecule has 0 aliphatic heterocycles. The van der Waals surface area contributed by atoms with Crippen molar-refractivity contribution in [2.45, 2.75) is 39.8 Å². The smallest absolute Gasteiger partial charge is 0.423 e. The number of Topliss-reactive ketones (excluding diaryl/α,β-unsaturated/α-hetero) is 2. The second-order valence-corrected chi connectivity index (χ2v) is 6.27. The number of rotatable bonds is 4. The maximum atomic E-state index is 12.9. The molecule has 1 aromatic rings. The van der Waals surface area contributed by atoms with E-state index < -0.39 is 35.6 Å². The van der Waals surface area contributed by atoms with Gasteiger partial charge in [-0.25, -0.2) is 0 Å². The van der Waals surface area contributed by atoms with Crippen LogP contribution in [-0.4, -0.2) is 51.6 Å². The van der Waals surface area contributed by atoms with Crippen molar-refractivity contribution >= 4 is 24.6 Å². The third kappa shape index (κ3) is 2.92. The summed E-state index contributed by atoms with van der Waals surface area (Å²) >= 11 is 0. The number of fused-ring (bicyclic) bond motifs is 1. The quantitative estimate of drug-likeness (QED) is 0.635. The lowest BCUT2D eigenvalue weighted by molar-refractivity contribution is -0.130. The Morgan fingerprint density at radius 1 is 0.958 bits per heavy atom. The summed E-state index contributed by atoms with van der Waals surface area (Å²) in [6, 6.07) is 5.62. The van der Waals surface area contributed by atoms with Gasteiger partial charge in [0.05, 0.1) is 5.57 Å². The van der Waals surface area contributed by atoms with Crippen molar-refractivity contribution in [2.75, 3.05) is 0 Å². The van der Waals surface area contributed by atoms with E-state index in [0.717, 1.165) is 0 Å². The molecule has 0 radical (unpaired) electrons. The Labute approximate surface area is 140 Å². The monoisotopic (exact) mass is 329 g/mol. The fourth-order valence-electron chi connectivity index (χ4n) is 3.05. The lowest BCUT2D eigenvalue weighted by Gasteiger charge is -2.33. The number of ketones is 2. The first kappa shape index (κ1) is 18.1. The highest BCUT2D eigenvalue weighted by Gasteiger charge is 2.42. The van der Waals surface area contributed by atoms with Crippen LogP contribution in [0.15, 0.2) is 35.3 Å². The summed E-state index contributed by atoms with van der Waals surface area (Å²) in [7, 11) is -2.20. The molecule has 1 amide bonds. The van der Waals surface area contributed by atoms with Crippen molar-refractivity contribution in [3.05, 3.63) is 46.4 Å². The first-order valence-electron chi connectivity index (χ1n) is 7.79. The first-order valence-corrected chi connectivity index (χ1v) is 7.79. The van der Waals surface area contributed by atoms with E-state index in [9.17, 15) is 24.4 Å². The Morgan fingerprint density at radius 2 is 1.42 bits per heavy atom. The number of hydrogen-bond acceptors (Lipinski definition) is 5. The van der Waals surface area contributed by atoms with E-state index in [1.165, 1.54) is 17.0 Å². The minimum Gasteiger partial charge on any atom is -0.423 e. The molecule has 7 heteroatoms. The number of allylic oxidation sites excluding steroid dienone is 1. The van der Waals surface area contributed by atoms with Crippen molar-refractivity contribution in [1.82, 2.24) is 4.90 Å². The Morgan fingerprint density at radius 3 is 1.83 bits per heavy atom. The molecule has 0 saturated heterocycles. The average molecular weight is 329 g/mol. The van der Waals surface area contributed by atoms with Crippen LogP contribution in [-0.2, 0) is 4.79 Å². The molecule has 0 bridgehead atoms. The fraction of sp³-hybridized carbons (Fsp3) is 0.353. The van der Waals surface area contributed by atoms with Gasteiger partial charge < -0.3 is 14.9 Å². The minimum absolute atomic E-state index is 0.0720. The highest BCUT2D eigenvalue weighted by atomic mass is 16.4. The number of amides is 1.